The van der Waals surface area contributed by atoms with Gasteiger partial charge >= 0.3 is 0 Å². The van der Waals surface area contributed by atoms with E-state index >= 15 is 0 Å². The predicted molar refractivity (Wildman–Crippen MR) is 70.3 cm³/mol. The van der Waals surface area contributed by atoms with Crippen molar-refractivity contribution in [2.24, 2.45) is 0 Å². The van der Waals surface area contributed by atoms with Crippen LogP contribution in [0.4, 0.5) is 5.69 Å². The Kier molecular flexibility index (Phi) is 3.47. The molecule has 1 aromatic rings. The number of carbonyl (C=O) groups is 1. The van der Waals surface area contributed by atoms with Crippen LogP contribution in [0.15, 0.2) is 18.2 Å². The first-order valence-electron chi connectivity index (χ1n) is 5.57. The minimum atomic E-state index is -0.136. The Bertz CT molecular complexity index is 437. The number of hydrogen-bond donors (Lipinski definition) is 2. The van der Waals surface area contributed by atoms with Gasteiger partial charge in [0.05, 0.1) is 11.3 Å². The number of amides is 1. The third kappa shape index (κ3) is 2.34. The summed E-state index contributed by atoms with van der Waals surface area (Å²) in [6.45, 7) is 2.74. The molecule has 1 saturated heterocycles. The molecule has 17 heavy (non-hydrogen) atoms. The number of phenolic OH excluding ortho intramolecular Hbond substituents is 1. The highest BCUT2D eigenvalue weighted by molar-refractivity contribution is 7.99. The molecule has 4 nitrogen and oxygen atoms in total. The maximum atomic E-state index is 12.3. The lowest BCUT2D eigenvalue weighted by molar-refractivity contribution is 0.0713. The number of anilines is 1. The van der Waals surface area contributed by atoms with E-state index in [0.717, 1.165) is 18.1 Å². The molecule has 1 fully saturated rings. The van der Waals surface area contributed by atoms with Crippen LogP contribution in [0.2, 0.25) is 0 Å². The number of nitrogens with zero attached hydrogens (tertiary/aromatic N) is 1. The van der Waals surface area contributed by atoms with Crippen LogP contribution in [-0.4, -0.2) is 40.0 Å². The topological polar surface area (TPSA) is 66.6 Å². The van der Waals surface area contributed by atoms with Gasteiger partial charge in [0.25, 0.3) is 5.91 Å². The molecule has 0 radical (unpaired) electrons. The molecule has 0 aliphatic carbocycles. The van der Waals surface area contributed by atoms with Crippen molar-refractivity contribution in [1.82, 2.24) is 4.90 Å². The summed E-state index contributed by atoms with van der Waals surface area (Å²) in [6, 6.07) is 5.08. The zero-order valence-corrected chi connectivity index (χ0v) is 10.5. The van der Waals surface area contributed by atoms with E-state index in [1.165, 1.54) is 0 Å². The molecular weight excluding hydrogens is 236 g/mol. The molecule has 0 saturated carbocycles. The van der Waals surface area contributed by atoms with Crippen LogP contribution >= 0.6 is 11.8 Å². The summed E-state index contributed by atoms with van der Waals surface area (Å²) in [5, 5.41) is 9.81. The zero-order valence-electron chi connectivity index (χ0n) is 9.72. The van der Waals surface area contributed by atoms with E-state index in [9.17, 15) is 9.90 Å². The van der Waals surface area contributed by atoms with Crippen LogP contribution in [-0.2, 0) is 0 Å². The Morgan fingerprint density at radius 1 is 1.59 bits per heavy atom. The summed E-state index contributed by atoms with van der Waals surface area (Å²) in [4.78, 5) is 14.1. The van der Waals surface area contributed by atoms with E-state index in [1.54, 1.807) is 23.1 Å². The van der Waals surface area contributed by atoms with Gasteiger partial charge in [-0.05, 0) is 19.1 Å². The number of thioether (sulfide) groups is 1. The van der Waals surface area contributed by atoms with Gasteiger partial charge in [0.1, 0.15) is 0 Å². The van der Waals surface area contributed by atoms with E-state index in [4.69, 9.17) is 5.73 Å². The summed E-state index contributed by atoms with van der Waals surface area (Å²) in [6.07, 6.45) is 0. The van der Waals surface area contributed by atoms with Gasteiger partial charge in [-0.25, -0.2) is 0 Å². The maximum Gasteiger partial charge on any atom is 0.257 e. The first-order chi connectivity index (χ1) is 8.11. The number of aromatic hydroxyl groups is 1. The summed E-state index contributed by atoms with van der Waals surface area (Å²) >= 11 is 1.85. The van der Waals surface area contributed by atoms with Crippen molar-refractivity contribution in [2.45, 2.75) is 13.0 Å². The fraction of sp³-hybridized carbons (Fsp3) is 0.417. The SMILES string of the molecule is CC1CSCCN1C(=O)c1cccc(N)c1O. The number of nitrogens with two attached hydrogens (primary N) is 1. The number of phenols is 1. The summed E-state index contributed by atoms with van der Waals surface area (Å²) < 4.78 is 0. The van der Waals surface area contributed by atoms with Gasteiger partial charge in [0.2, 0.25) is 0 Å². The minimum Gasteiger partial charge on any atom is -0.505 e. The summed E-state index contributed by atoms with van der Waals surface area (Å²) in [5.74, 6) is 1.64. The van der Waals surface area contributed by atoms with E-state index in [0.29, 0.717) is 5.56 Å². The first kappa shape index (κ1) is 12.1. The number of benzene rings is 1. The van der Waals surface area contributed by atoms with Crippen LogP contribution < -0.4 is 5.73 Å². The number of rotatable bonds is 1. The van der Waals surface area contributed by atoms with Crippen LogP contribution in [0, 0.1) is 0 Å². The number of carbonyl (C=O) groups excluding carboxylic acids is 1. The van der Waals surface area contributed by atoms with Crippen molar-refractivity contribution in [2.75, 3.05) is 23.8 Å². The van der Waals surface area contributed by atoms with Gasteiger partial charge in [0, 0.05) is 24.1 Å². The van der Waals surface area contributed by atoms with Crippen molar-refractivity contribution in [3.63, 3.8) is 0 Å². The van der Waals surface area contributed by atoms with Gasteiger partial charge in [-0.15, -0.1) is 0 Å². The molecule has 1 amide bonds. The van der Waals surface area contributed by atoms with Crippen molar-refractivity contribution in [3.05, 3.63) is 23.8 Å². The Balaban J connectivity index is 2.27. The molecule has 0 spiro atoms. The maximum absolute atomic E-state index is 12.3. The molecule has 3 N–H and O–H groups in total. The molecular formula is C12H16N2O2S. The quantitative estimate of drug-likeness (QED) is 0.588. The standard InChI is InChI=1S/C12H16N2O2S/c1-8-7-17-6-5-14(8)12(16)9-3-2-4-10(13)11(9)15/h2-4,8,15H,5-7,13H2,1H3. The normalized spacial score (nSPS) is 20.3. The molecule has 2 rings (SSSR count). The molecule has 0 aromatic heterocycles. The Hall–Kier alpha value is -1.36. The number of para-hydroxylation sites is 1. The van der Waals surface area contributed by atoms with Crippen LogP contribution in [0.1, 0.15) is 17.3 Å². The zero-order chi connectivity index (χ0) is 12.4. The molecule has 1 atom stereocenters. The molecule has 1 aliphatic heterocycles. The van der Waals surface area contributed by atoms with Gasteiger partial charge in [-0.3, -0.25) is 4.79 Å². The van der Waals surface area contributed by atoms with Crippen molar-refractivity contribution in [3.8, 4) is 5.75 Å². The van der Waals surface area contributed by atoms with E-state index < -0.39 is 0 Å². The van der Waals surface area contributed by atoms with Gasteiger partial charge in [0.15, 0.2) is 5.75 Å². The second kappa shape index (κ2) is 4.87. The molecule has 0 bridgehead atoms. The predicted octanol–water partition coefficient (Wildman–Crippen LogP) is 1.55. The highest BCUT2D eigenvalue weighted by Gasteiger charge is 2.26. The fourth-order valence-corrected chi connectivity index (χ4v) is 2.93. The molecule has 92 valence electrons. The smallest absolute Gasteiger partial charge is 0.257 e. The molecule has 1 unspecified atom stereocenters. The average molecular weight is 252 g/mol. The highest BCUT2D eigenvalue weighted by atomic mass is 32.2. The van der Waals surface area contributed by atoms with Crippen molar-refractivity contribution < 1.29 is 9.90 Å². The lowest BCUT2D eigenvalue weighted by Crippen LogP contribution is -2.44. The monoisotopic (exact) mass is 252 g/mol. The fourth-order valence-electron chi connectivity index (χ4n) is 1.92. The van der Waals surface area contributed by atoms with Gasteiger partial charge in [-0.2, -0.15) is 11.8 Å². The third-order valence-electron chi connectivity index (χ3n) is 2.93. The minimum absolute atomic E-state index is 0.108. The second-order valence-corrected chi connectivity index (χ2v) is 5.32. The van der Waals surface area contributed by atoms with Crippen molar-refractivity contribution >= 4 is 23.4 Å². The third-order valence-corrected chi connectivity index (χ3v) is 4.12. The summed E-state index contributed by atoms with van der Waals surface area (Å²) in [7, 11) is 0. The number of hydrogen-bond acceptors (Lipinski definition) is 4. The largest absolute Gasteiger partial charge is 0.505 e. The van der Waals surface area contributed by atoms with Crippen LogP contribution in [0.25, 0.3) is 0 Å². The number of nitrogen functional groups attached to an aromatic ring is 1. The Labute approximate surface area is 105 Å². The second-order valence-electron chi connectivity index (χ2n) is 4.17. The lowest BCUT2D eigenvalue weighted by Gasteiger charge is -2.33. The van der Waals surface area contributed by atoms with Gasteiger partial charge < -0.3 is 15.7 Å². The van der Waals surface area contributed by atoms with Crippen LogP contribution in [0.5, 0.6) is 5.75 Å². The van der Waals surface area contributed by atoms with Crippen LogP contribution in [0.3, 0.4) is 0 Å². The molecule has 1 aliphatic rings. The van der Waals surface area contributed by atoms with E-state index in [1.807, 2.05) is 18.7 Å². The van der Waals surface area contributed by atoms with E-state index in [2.05, 4.69) is 0 Å². The molecule has 1 aromatic carbocycles. The van der Waals surface area contributed by atoms with Crippen molar-refractivity contribution in [1.29, 1.82) is 0 Å². The highest BCUT2D eigenvalue weighted by Crippen LogP contribution is 2.27. The summed E-state index contributed by atoms with van der Waals surface area (Å²) in [5.41, 5.74) is 6.14. The Morgan fingerprint density at radius 3 is 3.06 bits per heavy atom. The first-order valence-corrected chi connectivity index (χ1v) is 6.73. The van der Waals surface area contributed by atoms with Gasteiger partial charge in [-0.1, -0.05) is 6.07 Å². The lowest BCUT2D eigenvalue weighted by atomic mass is 10.1. The molecule has 5 heteroatoms. The average Bonchev–Trinajstić information content (AvgIpc) is 2.32. The Morgan fingerprint density at radius 2 is 2.35 bits per heavy atom. The van der Waals surface area contributed by atoms with E-state index in [-0.39, 0.29) is 23.4 Å². The molecule has 1 heterocycles.